The van der Waals surface area contributed by atoms with Gasteiger partial charge in [0.05, 0.1) is 11.0 Å². The zero-order valence-corrected chi connectivity index (χ0v) is 15.6. The lowest BCUT2D eigenvalue weighted by molar-refractivity contribution is -0.192. The number of aliphatic carboxylic acids is 1. The Balaban J connectivity index is 0.000000412. The molecule has 0 aliphatic carbocycles. The first kappa shape index (κ1) is 22.7. The van der Waals surface area contributed by atoms with Crippen molar-refractivity contribution in [1.82, 2.24) is 9.80 Å². The fraction of sp³-hybridized carbons (Fsp3) is 0.867. The summed E-state index contributed by atoms with van der Waals surface area (Å²) in [6, 6.07) is 0.0816. The number of rotatable bonds is 2. The predicted octanol–water partition coefficient (Wildman–Crippen LogP) is 1.14. The van der Waals surface area contributed by atoms with Crippen molar-refractivity contribution in [3.63, 3.8) is 0 Å². The third kappa shape index (κ3) is 6.11. The molecule has 0 unspecified atom stereocenters. The number of carboxylic acids is 1. The number of amides is 1. The van der Waals surface area contributed by atoms with Gasteiger partial charge >= 0.3 is 12.1 Å². The van der Waals surface area contributed by atoms with Gasteiger partial charge in [-0.05, 0) is 26.3 Å². The van der Waals surface area contributed by atoms with Gasteiger partial charge in [-0.3, -0.25) is 4.79 Å². The van der Waals surface area contributed by atoms with E-state index in [-0.39, 0.29) is 23.0 Å². The maximum atomic E-state index is 12.2. The van der Waals surface area contributed by atoms with Crippen LogP contribution in [-0.4, -0.2) is 85.1 Å². The first-order valence-corrected chi connectivity index (χ1v) is 10.1. The van der Waals surface area contributed by atoms with Gasteiger partial charge in [-0.2, -0.15) is 13.2 Å². The third-order valence-electron chi connectivity index (χ3n) is 4.62. The summed E-state index contributed by atoms with van der Waals surface area (Å²) in [6.07, 6.45) is -2.30. The van der Waals surface area contributed by atoms with E-state index in [4.69, 9.17) is 9.90 Å². The maximum absolute atomic E-state index is 12.2. The Morgan fingerprint density at radius 1 is 1.15 bits per heavy atom. The van der Waals surface area contributed by atoms with Crippen LogP contribution >= 0.6 is 0 Å². The van der Waals surface area contributed by atoms with Gasteiger partial charge in [0.1, 0.15) is 0 Å². The Bertz CT molecular complexity index is 609. The van der Waals surface area contributed by atoms with Gasteiger partial charge in [0, 0.05) is 32.1 Å². The minimum Gasteiger partial charge on any atom is -0.475 e. The zero-order chi connectivity index (χ0) is 20.1. The van der Waals surface area contributed by atoms with E-state index in [1.807, 2.05) is 18.9 Å². The van der Waals surface area contributed by atoms with Gasteiger partial charge in [0.15, 0.2) is 9.84 Å². The molecule has 0 aromatic carbocycles. The van der Waals surface area contributed by atoms with Crippen LogP contribution in [0.4, 0.5) is 13.2 Å². The van der Waals surface area contributed by atoms with Crippen molar-refractivity contribution in [2.45, 2.75) is 50.1 Å². The Kier molecular flexibility index (Phi) is 7.87. The maximum Gasteiger partial charge on any atom is 0.490 e. The minimum atomic E-state index is -5.08. The summed E-state index contributed by atoms with van der Waals surface area (Å²) in [4.78, 5) is 24.9. The summed E-state index contributed by atoms with van der Waals surface area (Å²) in [5, 5.41) is 6.84. The van der Waals surface area contributed by atoms with E-state index in [9.17, 15) is 26.4 Å². The highest BCUT2D eigenvalue weighted by Gasteiger charge is 2.41. The number of sulfone groups is 1. The molecule has 0 aromatic rings. The average Bonchev–Trinajstić information content (AvgIpc) is 2.75. The number of carbonyl (C=O) groups excluding carboxylic acids is 1. The normalized spacial score (nSPS) is 26.1. The van der Waals surface area contributed by atoms with Crippen LogP contribution in [0.25, 0.3) is 0 Å². The van der Waals surface area contributed by atoms with Crippen molar-refractivity contribution in [2.24, 2.45) is 0 Å². The van der Waals surface area contributed by atoms with Crippen molar-refractivity contribution in [1.29, 1.82) is 0 Å². The molecule has 2 aliphatic heterocycles. The number of hydrogen-bond acceptors (Lipinski definition) is 5. The molecule has 11 heteroatoms. The Morgan fingerprint density at radius 3 is 2.19 bits per heavy atom. The number of alkyl halides is 3. The summed E-state index contributed by atoms with van der Waals surface area (Å²) in [6.45, 7) is 3.90. The van der Waals surface area contributed by atoms with Crippen molar-refractivity contribution in [3.05, 3.63) is 0 Å². The van der Waals surface area contributed by atoms with Crippen LogP contribution in [0.5, 0.6) is 0 Å². The number of hydrogen-bond donors (Lipinski definition) is 1. The van der Waals surface area contributed by atoms with E-state index in [0.717, 1.165) is 12.8 Å². The summed E-state index contributed by atoms with van der Waals surface area (Å²) >= 11 is 0. The number of likely N-dealkylation sites (tertiary alicyclic amines) is 1. The molecule has 0 spiro atoms. The van der Waals surface area contributed by atoms with Crippen LogP contribution in [0.3, 0.4) is 0 Å². The van der Waals surface area contributed by atoms with Crippen molar-refractivity contribution < 1.29 is 36.3 Å². The highest BCUT2D eigenvalue weighted by Crippen LogP contribution is 2.27. The second-order valence-corrected chi connectivity index (χ2v) is 8.80. The van der Waals surface area contributed by atoms with Crippen molar-refractivity contribution >= 4 is 21.7 Å². The van der Waals surface area contributed by atoms with Gasteiger partial charge in [-0.1, -0.05) is 6.92 Å². The van der Waals surface area contributed by atoms with Crippen LogP contribution in [0.2, 0.25) is 0 Å². The molecule has 2 aliphatic rings. The molecule has 0 bridgehead atoms. The second-order valence-electron chi connectivity index (χ2n) is 6.46. The number of nitrogens with zero attached hydrogens (tertiary/aromatic N) is 2. The molecule has 0 saturated carbocycles. The lowest BCUT2D eigenvalue weighted by atomic mass is 10.1. The predicted molar refractivity (Wildman–Crippen MR) is 88.4 cm³/mol. The lowest BCUT2D eigenvalue weighted by Crippen LogP contribution is -2.52. The molecular weight excluding hydrogens is 377 g/mol. The number of fused-ring (bicyclic) bond motifs is 1. The molecule has 2 fully saturated rings. The summed E-state index contributed by atoms with van der Waals surface area (Å²) in [7, 11) is -0.985. The van der Waals surface area contributed by atoms with E-state index < -0.39 is 22.0 Å². The third-order valence-corrected chi connectivity index (χ3v) is 6.85. The first-order chi connectivity index (χ1) is 11.9. The molecule has 1 N–H and O–H groups in total. The Morgan fingerprint density at radius 2 is 1.69 bits per heavy atom. The standard InChI is InChI=1S/C13H24N2O3S.C2HF3O2/c1-3-4-13(16)15-7-5-11-12(6-8-15)19(17,18)10-9-14(11)2;3-2(4,5)1(6)7/h11-12H,3-10H2,1-2H3;(H,6,7)/t11-,12+;/m0./s1. The Labute approximate surface area is 151 Å². The number of halogens is 3. The summed E-state index contributed by atoms with van der Waals surface area (Å²) in [5.74, 6) is -2.33. The molecular formula is C15H25F3N2O5S. The van der Waals surface area contributed by atoms with E-state index >= 15 is 0 Å². The summed E-state index contributed by atoms with van der Waals surface area (Å²) < 4.78 is 56.1. The number of carbonyl (C=O) groups is 2. The smallest absolute Gasteiger partial charge is 0.475 e. The average molecular weight is 402 g/mol. The molecule has 7 nitrogen and oxygen atoms in total. The van der Waals surface area contributed by atoms with Crippen LogP contribution in [-0.2, 0) is 19.4 Å². The Hall–Kier alpha value is -1.36. The van der Waals surface area contributed by atoms with Crippen LogP contribution in [0, 0.1) is 0 Å². The highest BCUT2D eigenvalue weighted by atomic mass is 32.2. The highest BCUT2D eigenvalue weighted by molar-refractivity contribution is 7.92. The zero-order valence-electron chi connectivity index (χ0n) is 14.8. The molecule has 2 heterocycles. The molecule has 152 valence electrons. The monoisotopic (exact) mass is 402 g/mol. The number of carboxylic acid groups (broad SMARTS) is 1. The lowest BCUT2D eigenvalue weighted by Gasteiger charge is -2.37. The quantitative estimate of drug-likeness (QED) is 0.744. The van der Waals surface area contributed by atoms with Gasteiger partial charge in [0.2, 0.25) is 5.91 Å². The fourth-order valence-corrected chi connectivity index (χ4v) is 5.33. The van der Waals surface area contributed by atoms with Gasteiger partial charge in [-0.25, -0.2) is 13.2 Å². The second kappa shape index (κ2) is 9.03. The molecule has 1 amide bonds. The van der Waals surface area contributed by atoms with Crippen LogP contribution in [0.1, 0.15) is 32.6 Å². The molecule has 2 atom stereocenters. The van der Waals surface area contributed by atoms with Gasteiger partial charge < -0.3 is 14.9 Å². The molecule has 26 heavy (non-hydrogen) atoms. The molecule has 0 aromatic heterocycles. The van der Waals surface area contributed by atoms with Gasteiger partial charge in [-0.15, -0.1) is 0 Å². The SMILES string of the molecule is CCCC(=O)N1CC[C@@H]2[C@H](CC1)N(C)CCS2(=O)=O.O=C(O)C(F)(F)F. The van der Waals surface area contributed by atoms with Crippen molar-refractivity contribution in [3.8, 4) is 0 Å². The topological polar surface area (TPSA) is 95.0 Å². The largest absolute Gasteiger partial charge is 0.490 e. The minimum absolute atomic E-state index is 0.0816. The fourth-order valence-electron chi connectivity index (χ4n) is 3.19. The molecule has 2 saturated heterocycles. The van der Waals surface area contributed by atoms with E-state index in [0.29, 0.717) is 32.5 Å². The van der Waals surface area contributed by atoms with E-state index in [2.05, 4.69) is 4.90 Å². The van der Waals surface area contributed by atoms with Crippen LogP contribution < -0.4 is 0 Å². The van der Waals surface area contributed by atoms with E-state index in [1.165, 1.54) is 0 Å². The molecule has 0 radical (unpaired) electrons. The molecule has 2 rings (SSSR count). The van der Waals surface area contributed by atoms with Crippen LogP contribution in [0.15, 0.2) is 0 Å². The first-order valence-electron chi connectivity index (χ1n) is 8.39. The van der Waals surface area contributed by atoms with E-state index in [1.54, 1.807) is 0 Å². The van der Waals surface area contributed by atoms with Crippen molar-refractivity contribution in [2.75, 3.05) is 32.4 Å². The van der Waals surface area contributed by atoms with Gasteiger partial charge in [0.25, 0.3) is 0 Å². The summed E-state index contributed by atoms with van der Waals surface area (Å²) in [5.41, 5.74) is 0.